The molecular formula is C9H11BClNO2. The zero-order valence-corrected chi connectivity index (χ0v) is 8.80. The summed E-state index contributed by atoms with van der Waals surface area (Å²) in [7, 11) is -0.903. The van der Waals surface area contributed by atoms with Gasteiger partial charge in [0.2, 0.25) is 0 Å². The van der Waals surface area contributed by atoms with Gasteiger partial charge in [0.25, 0.3) is 0 Å². The Balaban J connectivity index is 2.64. The standard InChI is InChI=1S/C9H11BClNO2/c1-9(2)5-3-7(11)8(12)4-6(5)10(13)14-9/h3-4,13H,12H2,1-2H3. The fourth-order valence-electron chi connectivity index (χ4n) is 1.74. The molecule has 1 aromatic carbocycles. The Bertz CT molecular complexity index is 395. The maximum atomic E-state index is 9.61. The van der Waals surface area contributed by atoms with Crippen molar-refractivity contribution in [2.24, 2.45) is 0 Å². The van der Waals surface area contributed by atoms with Gasteiger partial charge < -0.3 is 15.4 Å². The third-order valence-electron chi connectivity index (χ3n) is 2.49. The predicted octanol–water partition coefficient (Wildman–Crippen LogP) is 0.875. The summed E-state index contributed by atoms with van der Waals surface area (Å²) in [5.41, 5.74) is 7.20. The molecule has 3 nitrogen and oxygen atoms in total. The van der Waals surface area contributed by atoms with Crippen molar-refractivity contribution in [1.82, 2.24) is 0 Å². The molecule has 0 fully saturated rings. The Morgan fingerprint density at radius 2 is 2.14 bits per heavy atom. The van der Waals surface area contributed by atoms with Gasteiger partial charge in [0.1, 0.15) is 0 Å². The van der Waals surface area contributed by atoms with Gasteiger partial charge in [-0.15, -0.1) is 0 Å². The SMILES string of the molecule is CC1(C)OB(O)c2cc(N)c(Cl)cc21. The lowest BCUT2D eigenvalue weighted by Gasteiger charge is -2.19. The second-order valence-corrected chi connectivity index (χ2v) is 4.35. The van der Waals surface area contributed by atoms with E-state index in [2.05, 4.69) is 0 Å². The fraction of sp³-hybridized carbons (Fsp3) is 0.333. The van der Waals surface area contributed by atoms with Gasteiger partial charge in [-0.3, -0.25) is 0 Å². The molecule has 1 aliphatic heterocycles. The van der Waals surface area contributed by atoms with E-state index in [1.54, 1.807) is 12.1 Å². The molecule has 74 valence electrons. The van der Waals surface area contributed by atoms with Gasteiger partial charge >= 0.3 is 7.12 Å². The molecule has 0 atom stereocenters. The Morgan fingerprint density at radius 3 is 2.79 bits per heavy atom. The fourth-order valence-corrected chi connectivity index (χ4v) is 1.90. The molecule has 0 unspecified atom stereocenters. The summed E-state index contributed by atoms with van der Waals surface area (Å²) in [4.78, 5) is 0. The highest BCUT2D eigenvalue weighted by Crippen LogP contribution is 2.33. The van der Waals surface area contributed by atoms with Gasteiger partial charge in [0.05, 0.1) is 10.6 Å². The Morgan fingerprint density at radius 1 is 1.50 bits per heavy atom. The van der Waals surface area contributed by atoms with Crippen LogP contribution in [0.4, 0.5) is 5.69 Å². The molecular weight excluding hydrogens is 200 g/mol. The van der Waals surface area contributed by atoms with E-state index >= 15 is 0 Å². The van der Waals surface area contributed by atoms with Gasteiger partial charge in [-0.25, -0.2) is 0 Å². The van der Waals surface area contributed by atoms with Crippen LogP contribution in [0.2, 0.25) is 5.02 Å². The number of nitrogens with two attached hydrogens (primary N) is 1. The van der Waals surface area contributed by atoms with Gasteiger partial charge in [0, 0.05) is 5.69 Å². The van der Waals surface area contributed by atoms with E-state index in [9.17, 15) is 5.02 Å². The van der Waals surface area contributed by atoms with Crippen LogP contribution in [-0.4, -0.2) is 12.1 Å². The van der Waals surface area contributed by atoms with E-state index < -0.39 is 12.7 Å². The number of benzene rings is 1. The second-order valence-electron chi connectivity index (χ2n) is 3.94. The van der Waals surface area contributed by atoms with E-state index in [4.69, 9.17) is 22.0 Å². The summed E-state index contributed by atoms with van der Waals surface area (Å²) in [6.45, 7) is 3.77. The first-order chi connectivity index (χ1) is 6.42. The van der Waals surface area contributed by atoms with Crippen molar-refractivity contribution >= 4 is 29.9 Å². The van der Waals surface area contributed by atoms with Gasteiger partial charge in [-0.1, -0.05) is 11.6 Å². The Hall–Kier alpha value is -0.705. The zero-order valence-electron chi connectivity index (χ0n) is 8.04. The topological polar surface area (TPSA) is 55.5 Å². The van der Waals surface area contributed by atoms with Crippen molar-refractivity contribution in [3.8, 4) is 0 Å². The van der Waals surface area contributed by atoms with Crippen molar-refractivity contribution in [3.05, 3.63) is 22.7 Å². The van der Waals surface area contributed by atoms with Crippen LogP contribution in [0.1, 0.15) is 19.4 Å². The van der Waals surface area contributed by atoms with Crippen LogP contribution in [0, 0.1) is 0 Å². The van der Waals surface area contributed by atoms with E-state index in [-0.39, 0.29) is 0 Å². The highest BCUT2D eigenvalue weighted by atomic mass is 35.5. The summed E-state index contributed by atoms with van der Waals surface area (Å²) in [6.07, 6.45) is 0. The monoisotopic (exact) mass is 211 g/mol. The number of hydrogen-bond donors (Lipinski definition) is 2. The molecule has 1 heterocycles. The molecule has 0 aromatic heterocycles. The first-order valence-electron chi connectivity index (χ1n) is 4.37. The third kappa shape index (κ3) is 1.30. The van der Waals surface area contributed by atoms with Crippen molar-refractivity contribution in [2.45, 2.75) is 19.4 Å². The zero-order chi connectivity index (χ0) is 10.5. The lowest BCUT2D eigenvalue weighted by molar-refractivity contribution is 0.101. The van der Waals surface area contributed by atoms with Crippen LogP contribution in [0.25, 0.3) is 0 Å². The van der Waals surface area contributed by atoms with Crippen LogP contribution in [0.3, 0.4) is 0 Å². The minimum atomic E-state index is -0.903. The Labute approximate surface area is 88.0 Å². The average molecular weight is 211 g/mol. The van der Waals surface area contributed by atoms with Crippen molar-refractivity contribution in [1.29, 1.82) is 0 Å². The molecule has 14 heavy (non-hydrogen) atoms. The Kier molecular flexibility index (Phi) is 2.03. The first-order valence-corrected chi connectivity index (χ1v) is 4.75. The summed E-state index contributed by atoms with van der Waals surface area (Å²) < 4.78 is 5.37. The molecule has 0 spiro atoms. The molecule has 0 saturated carbocycles. The summed E-state index contributed by atoms with van der Waals surface area (Å²) >= 11 is 5.91. The number of anilines is 1. The van der Waals surface area contributed by atoms with Crippen molar-refractivity contribution < 1.29 is 9.68 Å². The average Bonchev–Trinajstić information content (AvgIpc) is 2.26. The molecule has 3 N–H and O–H groups in total. The van der Waals surface area contributed by atoms with E-state index in [0.717, 1.165) is 5.56 Å². The van der Waals surface area contributed by atoms with E-state index in [0.29, 0.717) is 16.2 Å². The molecule has 0 amide bonds. The number of halogens is 1. The van der Waals surface area contributed by atoms with Crippen LogP contribution < -0.4 is 11.2 Å². The third-order valence-corrected chi connectivity index (χ3v) is 2.82. The maximum absolute atomic E-state index is 9.61. The first kappa shape index (κ1) is 9.83. The van der Waals surface area contributed by atoms with E-state index in [1.165, 1.54) is 0 Å². The molecule has 0 aliphatic carbocycles. The van der Waals surface area contributed by atoms with Gasteiger partial charge in [0.15, 0.2) is 0 Å². The number of rotatable bonds is 0. The van der Waals surface area contributed by atoms with Gasteiger partial charge in [-0.2, -0.15) is 0 Å². The van der Waals surface area contributed by atoms with Crippen LogP contribution in [-0.2, 0) is 10.3 Å². The number of fused-ring (bicyclic) bond motifs is 1. The molecule has 1 aromatic rings. The summed E-state index contributed by atoms with van der Waals surface area (Å²) in [5.74, 6) is 0. The molecule has 0 saturated heterocycles. The smallest absolute Gasteiger partial charge is 0.423 e. The quantitative estimate of drug-likeness (QED) is 0.495. The number of hydrogen-bond acceptors (Lipinski definition) is 3. The molecule has 0 radical (unpaired) electrons. The largest absolute Gasteiger partial charge is 0.492 e. The highest BCUT2D eigenvalue weighted by Gasteiger charge is 2.40. The van der Waals surface area contributed by atoms with Crippen LogP contribution in [0.15, 0.2) is 12.1 Å². The molecule has 1 aliphatic rings. The van der Waals surface area contributed by atoms with Crippen LogP contribution in [0.5, 0.6) is 0 Å². The minimum absolute atomic E-state index is 0.464. The van der Waals surface area contributed by atoms with E-state index in [1.807, 2.05) is 13.8 Å². The number of nitrogen functional groups attached to an aromatic ring is 1. The van der Waals surface area contributed by atoms with Crippen LogP contribution >= 0.6 is 11.6 Å². The van der Waals surface area contributed by atoms with Crippen molar-refractivity contribution in [2.75, 3.05) is 5.73 Å². The second kappa shape index (κ2) is 2.89. The summed E-state index contributed by atoms with van der Waals surface area (Å²) in [6, 6.07) is 3.42. The highest BCUT2D eigenvalue weighted by molar-refractivity contribution is 6.62. The van der Waals surface area contributed by atoms with Crippen molar-refractivity contribution in [3.63, 3.8) is 0 Å². The lowest BCUT2D eigenvalue weighted by Crippen LogP contribution is -2.28. The molecule has 5 heteroatoms. The minimum Gasteiger partial charge on any atom is -0.423 e. The predicted molar refractivity (Wildman–Crippen MR) is 57.6 cm³/mol. The summed E-state index contributed by atoms with van der Waals surface area (Å²) in [5, 5.41) is 10.1. The normalized spacial score (nSPS) is 18.4. The lowest BCUT2D eigenvalue weighted by atomic mass is 9.78. The molecule has 2 rings (SSSR count). The molecule has 0 bridgehead atoms. The van der Waals surface area contributed by atoms with Gasteiger partial charge in [-0.05, 0) is 37.0 Å². The maximum Gasteiger partial charge on any atom is 0.492 e.